The standard InChI is InChI=1S/C5H7ClN4/c1-2-10-5(6)9(3-7)4-8-10/h4-5H,2H2,1H3. The fourth-order valence-corrected chi connectivity index (χ4v) is 0.964. The maximum atomic E-state index is 8.42. The van der Waals surface area contributed by atoms with E-state index in [0.717, 1.165) is 0 Å². The molecular weight excluding hydrogens is 152 g/mol. The minimum Gasteiger partial charge on any atom is -0.258 e. The van der Waals surface area contributed by atoms with Gasteiger partial charge in [-0.15, -0.1) is 0 Å². The van der Waals surface area contributed by atoms with Crippen molar-refractivity contribution in [3.8, 4) is 6.19 Å². The van der Waals surface area contributed by atoms with Crippen LogP contribution in [0.1, 0.15) is 6.92 Å². The van der Waals surface area contributed by atoms with Crippen LogP contribution in [0.5, 0.6) is 0 Å². The van der Waals surface area contributed by atoms with Crippen molar-refractivity contribution in [3.05, 3.63) is 0 Å². The van der Waals surface area contributed by atoms with Gasteiger partial charge in [0.1, 0.15) is 6.34 Å². The number of halogens is 1. The van der Waals surface area contributed by atoms with Crippen LogP contribution in [0.25, 0.3) is 0 Å². The molecule has 5 heteroatoms. The summed E-state index contributed by atoms with van der Waals surface area (Å²) in [4.78, 5) is 1.28. The molecule has 10 heavy (non-hydrogen) atoms. The summed E-state index contributed by atoms with van der Waals surface area (Å²) in [5.74, 6) is 0. The molecule has 0 fully saturated rings. The van der Waals surface area contributed by atoms with Gasteiger partial charge in [0.2, 0.25) is 5.62 Å². The summed E-state index contributed by atoms with van der Waals surface area (Å²) in [7, 11) is 0. The van der Waals surface area contributed by atoms with Crippen LogP contribution >= 0.6 is 11.6 Å². The van der Waals surface area contributed by atoms with E-state index in [1.807, 2.05) is 13.1 Å². The van der Waals surface area contributed by atoms with Gasteiger partial charge in [0.15, 0.2) is 6.19 Å². The number of hydrazone groups is 1. The SMILES string of the molecule is CCN1N=CN(C#N)C1Cl. The van der Waals surface area contributed by atoms with E-state index in [9.17, 15) is 0 Å². The Morgan fingerprint density at radius 1 is 1.90 bits per heavy atom. The highest BCUT2D eigenvalue weighted by molar-refractivity contribution is 6.21. The second-order valence-electron chi connectivity index (χ2n) is 1.80. The molecule has 54 valence electrons. The summed E-state index contributed by atoms with van der Waals surface area (Å²) in [6.45, 7) is 2.64. The highest BCUT2D eigenvalue weighted by atomic mass is 35.5. The lowest BCUT2D eigenvalue weighted by atomic mass is 10.7. The molecule has 1 aliphatic rings. The van der Waals surface area contributed by atoms with Crippen LogP contribution in [0.4, 0.5) is 0 Å². The molecule has 1 aliphatic heterocycles. The lowest BCUT2D eigenvalue weighted by molar-refractivity contribution is 0.243. The zero-order valence-electron chi connectivity index (χ0n) is 5.53. The number of rotatable bonds is 1. The molecule has 0 bridgehead atoms. The first-order chi connectivity index (χ1) is 4.79. The fourth-order valence-electron chi connectivity index (χ4n) is 0.681. The van der Waals surface area contributed by atoms with Crippen molar-refractivity contribution in [2.45, 2.75) is 12.5 Å². The second-order valence-corrected chi connectivity index (χ2v) is 2.19. The normalized spacial score (nSPS) is 23.5. The van der Waals surface area contributed by atoms with Gasteiger partial charge in [-0.2, -0.15) is 10.4 Å². The molecule has 0 aromatic rings. The lowest BCUT2D eigenvalue weighted by Crippen LogP contribution is -2.31. The molecule has 1 unspecified atom stereocenters. The zero-order chi connectivity index (χ0) is 7.56. The predicted octanol–water partition coefficient (Wildman–Crippen LogP) is 0.571. The molecule has 0 spiro atoms. The van der Waals surface area contributed by atoms with Crippen molar-refractivity contribution in [1.82, 2.24) is 9.91 Å². The summed E-state index contributed by atoms with van der Waals surface area (Å²) >= 11 is 5.75. The Bertz CT molecular complexity index is 185. The van der Waals surface area contributed by atoms with E-state index in [0.29, 0.717) is 6.54 Å². The molecule has 0 aliphatic carbocycles. The molecule has 4 nitrogen and oxygen atoms in total. The number of hydrogen-bond donors (Lipinski definition) is 0. The summed E-state index contributed by atoms with van der Waals surface area (Å²) in [6, 6.07) is 0. The molecule has 0 aromatic heterocycles. The monoisotopic (exact) mass is 158 g/mol. The van der Waals surface area contributed by atoms with E-state index in [4.69, 9.17) is 16.9 Å². The van der Waals surface area contributed by atoms with Gasteiger partial charge < -0.3 is 0 Å². The van der Waals surface area contributed by atoms with Crippen LogP contribution in [-0.2, 0) is 0 Å². The maximum absolute atomic E-state index is 8.42. The Morgan fingerprint density at radius 3 is 2.90 bits per heavy atom. The number of alkyl halides is 1. The molecule has 1 atom stereocenters. The average molecular weight is 159 g/mol. The first-order valence-corrected chi connectivity index (χ1v) is 3.36. The van der Waals surface area contributed by atoms with Gasteiger partial charge in [0.25, 0.3) is 0 Å². The van der Waals surface area contributed by atoms with Crippen LogP contribution in [-0.4, -0.2) is 28.4 Å². The Kier molecular flexibility index (Phi) is 1.97. The minimum atomic E-state index is -0.435. The van der Waals surface area contributed by atoms with Crippen LogP contribution in [0.2, 0.25) is 0 Å². The summed E-state index contributed by atoms with van der Waals surface area (Å²) in [5, 5.41) is 13.9. The van der Waals surface area contributed by atoms with Crippen molar-refractivity contribution < 1.29 is 0 Å². The van der Waals surface area contributed by atoms with E-state index in [1.165, 1.54) is 11.2 Å². The second kappa shape index (κ2) is 2.76. The zero-order valence-corrected chi connectivity index (χ0v) is 6.28. The molecule has 1 heterocycles. The van der Waals surface area contributed by atoms with Crippen molar-refractivity contribution in [3.63, 3.8) is 0 Å². The summed E-state index contributed by atoms with van der Waals surface area (Å²) < 4.78 is 0. The molecular formula is C5H7ClN4. The van der Waals surface area contributed by atoms with Gasteiger partial charge in [-0.25, -0.2) is 4.90 Å². The highest BCUT2D eigenvalue weighted by Gasteiger charge is 2.23. The third-order valence-electron chi connectivity index (χ3n) is 1.24. The Balaban J connectivity index is 2.60. The average Bonchev–Trinajstić information content (AvgIpc) is 2.30. The smallest absolute Gasteiger partial charge is 0.208 e. The van der Waals surface area contributed by atoms with Crippen LogP contribution in [0.15, 0.2) is 5.10 Å². The number of nitrogens with zero attached hydrogens (tertiary/aromatic N) is 4. The van der Waals surface area contributed by atoms with E-state index in [1.54, 1.807) is 5.01 Å². The summed E-state index contributed by atoms with van der Waals surface area (Å²) in [6.07, 6.45) is 3.31. The predicted molar refractivity (Wildman–Crippen MR) is 38.0 cm³/mol. The van der Waals surface area contributed by atoms with E-state index >= 15 is 0 Å². The van der Waals surface area contributed by atoms with Crippen molar-refractivity contribution in [1.29, 1.82) is 5.26 Å². The molecule has 0 amide bonds. The largest absolute Gasteiger partial charge is 0.258 e. The molecule has 0 N–H and O–H groups in total. The molecule has 0 saturated heterocycles. The van der Waals surface area contributed by atoms with E-state index in [2.05, 4.69) is 5.10 Å². The quantitative estimate of drug-likeness (QED) is 0.318. The summed E-state index contributed by atoms with van der Waals surface area (Å²) in [5.41, 5.74) is -0.435. The van der Waals surface area contributed by atoms with Crippen LogP contribution < -0.4 is 0 Å². The Hall–Kier alpha value is -0.950. The van der Waals surface area contributed by atoms with Gasteiger partial charge in [0, 0.05) is 6.54 Å². The topological polar surface area (TPSA) is 42.6 Å². The lowest BCUT2D eigenvalue weighted by Gasteiger charge is -2.17. The van der Waals surface area contributed by atoms with Gasteiger partial charge in [0.05, 0.1) is 0 Å². The first-order valence-electron chi connectivity index (χ1n) is 2.92. The van der Waals surface area contributed by atoms with Gasteiger partial charge in [-0.3, -0.25) is 5.01 Å². The molecule has 0 aromatic carbocycles. The van der Waals surface area contributed by atoms with Gasteiger partial charge in [-0.05, 0) is 6.92 Å². The van der Waals surface area contributed by atoms with E-state index in [-0.39, 0.29) is 0 Å². The third kappa shape index (κ3) is 1.00. The molecule has 1 rings (SSSR count). The van der Waals surface area contributed by atoms with Gasteiger partial charge in [-0.1, -0.05) is 11.6 Å². The van der Waals surface area contributed by atoms with Gasteiger partial charge >= 0.3 is 0 Å². The van der Waals surface area contributed by atoms with E-state index < -0.39 is 5.62 Å². The third-order valence-corrected chi connectivity index (χ3v) is 1.67. The molecule has 0 radical (unpaired) electrons. The highest BCUT2D eigenvalue weighted by Crippen LogP contribution is 2.13. The first kappa shape index (κ1) is 7.16. The molecule has 0 saturated carbocycles. The maximum Gasteiger partial charge on any atom is 0.208 e. The number of hydrogen-bond acceptors (Lipinski definition) is 4. The van der Waals surface area contributed by atoms with Crippen molar-refractivity contribution in [2.24, 2.45) is 5.10 Å². The Labute approximate surface area is 64.3 Å². The minimum absolute atomic E-state index is 0.435. The van der Waals surface area contributed by atoms with Crippen LogP contribution in [0.3, 0.4) is 0 Å². The number of nitriles is 1. The van der Waals surface area contributed by atoms with Crippen LogP contribution in [0, 0.1) is 11.5 Å². The Morgan fingerprint density at radius 2 is 2.60 bits per heavy atom. The van der Waals surface area contributed by atoms with Crippen molar-refractivity contribution in [2.75, 3.05) is 6.54 Å². The van der Waals surface area contributed by atoms with Crippen molar-refractivity contribution >= 4 is 17.9 Å². The fraction of sp³-hybridized carbons (Fsp3) is 0.600.